The Balaban J connectivity index is 2.30. The van der Waals surface area contributed by atoms with Crippen molar-refractivity contribution in [1.29, 1.82) is 0 Å². The van der Waals surface area contributed by atoms with Crippen LogP contribution in [0.15, 0.2) is 0 Å². The average Bonchev–Trinajstić information content (AvgIpc) is 2.44. The molecule has 0 aliphatic carbocycles. The summed E-state index contributed by atoms with van der Waals surface area (Å²) in [4.78, 5) is 16.1. The highest BCUT2D eigenvalue weighted by atomic mass is 16.3. The topological polar surface area (TPSA) is 69.8 Å². The van der Waals surface area contributed by atoms with E-state index < -0.39 is 0 Å². The quantitative estimate of drug-likeness (QED) is 0.583. The van der Waals surface area contributed by atoms with E-state index in [4.69, 9.17) is 10.8 Å². The van der Waals surface area contributed by atoms with Gasteiger partial charge in [-0.15, -0.1) is 0 Å². The lowest BCUT2D eigenvalue weighted by Gasteiger charge is -2.38. The lowest BCUT2D eigenvalue weighted by atomic mass is 10.0. The normalized spacial score (nSPS) is 19.1. The van der Waals surface area contributed by atoms with Crippen LogP contribution in [0.25, 0.3) is 0 Å². The van der Waals surface area contributed by atoms with Crippen molar-refractivity contribution in [3.8, 4) is 0 Å². The molecule has 1 aliphatic rings. The minimum Gasteiger partial charge on any atom is -0.395 e. The predicted octanol–water partition coefficient (Wildman–Crippen LogP) is 0.811. The van der Waals surface area contributed by atoms with Gasteiger partial charge in [0.15, 0.2) is 0 Å². The van der Waals surface area contributed by atoms with Crippen molar-refractivity contribution < 1.29 is 9.90 Å². The van der Waals surface area contributed by atoms with Crippen LogP contribution in [0.2, 0.25) is 0 Å². The number of β-amino-alcohol motifs (C(OH)–C–C–N with tert-alkyl or cyclic N) is 1. The highest BCUT2D eigenvalue weighted by Gasteiger charge is 2.26. The maximum atomic E-state index is 11.7. The number of nitrogens with zero attached hydrogens (tertiary/aromatic N) is 2. The molecule has 5 heteroatoms. The minimum atomic E-state index is -0.184. The van der Waals surface area contributed by atoms with Crippen LogP contribution in [-0.2, 0) is 4.79 Å². The van der Waals surface area contributed by atoms with Gasteiger partial charge in [-0.1, -0.05) is 39.0 Å². The molecule has 1 fully saturated rings. The van der Waals surface area contributed by atoms with E-state index in [-0.39, 0.29) is 18.6 Å². The van der Waals surface area contributed by atoms with Crippen molar-refractivity contribution in [2.24, 2.45) is 5.73 Å². The fourth-order valence-electron chi connectivity index (χ4n) is 2.89. The number of piperazine rings is 1. The molecule has 0 bridgehead atoms. The smallest absolute Gasteiger partial charge is 0.234 e. The third-order valence-corrected chi connectivity index (χ3v) is 4.17. The molecule has 1 heterocycles. The Morgan fingerprint density at radius 3 is 2.35 bits per heavy atom. The predicted molar refractivity (Wildman–Crippen MR) is 81.5 cm³/mol. The molecular formula is C15H31N3O2. The van der Waals surface area contributed by atoms with Crippen LogP contribution in [0.5, 0.6) is 0 Å². The summed E-state index contributed by atoms with van der Waals surface area (Å²) in [6, 6.07) is -0.104. The van der Waals surface area contributed by atoms with Gasteiger partial charge in [-0.3, -0.25) is 14.6 Å². The number of rotatable bonds is 10. The molecule has 1 saturated heterocycles. The van der Waals surface area contributed by atoms with Gasteiger partial charge in [0, 0.05) is 32.7 Å². The molecule has 0 spiro atoms. The van der Waals surface area contributed by atoms with Gasteiger partial charge in [-0.2, -0.15) is 0 Å². The molecule has 0 aromatic heterocycles. The molecule has 1 amide bonds. The molecule has 1 rings (SSSR count). The number of primary amides is 1. The van der Waals surface area contributed by atoms with E-state index in [0.717, 1.165) is 45.6 Å². The van der Waals surface area contributed by atoms with E-state index in [9.17, 15) is 4.79 Å². The number of unbranched alkanes of at least 4 members (excludes halogenated alkanes) is 4. The van der Waals surface area contributed by atoms with E-state index in [1.807, 2.05) is 0 Å². The van der Waals surface area contributed by atoms with Gasteiger partial charge in [-0.25, -0.2) is 0 Å². The number of carbonyl (C=O) groups excluding carboxylic acids is 1. The Hall–Kier alpha value is -0.650. The Labute approximate surface area is 123 Å². The van der Waals surface area contributed by atoms with Gasteiger partial charge in [-0.05, 0) is 6.42 Å². The second kappa shape index (κ2) is 10.1. The Morgan fingerprint density at radius 2 is 1.80 bits per heavy atom. The average molecular weight is 285 g/mol. The number of aliphatic hydroxyl groups excluding tert-OH is 1. The van der Waals surface area contributed by atoms with E-state index in [2.05, 4.69) is 16.7 Å². The van der Waals surface area contributed by atoms with Crippen molar-refractivity contribution in [3.05, 3.63) is 0 Å². The number of nitrogens with two attached hydrogens (primary N) is 1. The van der Waals surface area contributed by atoms with Crippen LogP contribution in [0.4, 0.5) is 0 Å². The molecule has 20 heavy (non-hydrogen) atoms. The number of amides is 1. The Bertz CT molecular complexity index is 266. The van der Waals surface area contributed by atoms with Gasteiger partial charge in [0.05, 0.1) is 12.6 Å². The summed E-state index contributed by atoms with van der Waals surface area (Å²) in [7, 11) is 0. The van der Waals surface area contributed by atoms with Crippen LogP contribution in [0, 0.1) is 0 Å². The van der Waals surface area contributed by atoms with E-state index in [1.165, 1.54) is 25.7 Å². The number of carbonyl (C=O) groups is 1. The zero-order chi connectivity index (χ0) is 14.8. The molecule has 0 saturated carbocycles. The first kappa shape index (κ1) is 17.4. The molecule has 0 aromatic rings. The first-order chi connectivity index (χ1) is 9.69. The number of aliphatic hydroxyl groups is 1. The van der Waals surface area contributed by atoms with Crippen molar-refractivity contribution in [3.63, 3.8) is 0 Å². The molecule has 5 nitrogen and oxygen atoms in total. The summed E-state index contributed by atoms with van der Waals surface area (Å²) in [5.41, 5.74) is 5.57. The van der Waals surface area contributed by atoms with Gasteiger partial charge in [0.2, 0.25) is 5.91 Å². The maximum absolute atomic E-state index is 11.7. The second-order valence-corrected chi connectivity index (χ2v) is 5.72. The monoisotopic (exact) mass is 285 g/mol. The summed E-state index contributed by atoms with van der Waals surface area (Å²) in [5, 5.41) is 8.94. The SMILES string of the molecule is CCCCCCCC(C(N)=O)N1CCN(CCO)CC1. The highest BCUT2D eigenvalue weighted by Crippen LogP contribution is 2.14. The van der Waals surface area contributed by atoms with Crippen LogP contribution in [-0.4, -0.2) is 66.2 Å². The molecule has 3 N–H and O–H groups in total. The third-order valence-electron chi connectivity index (χ3n) is 4.17. The van der Waals surface area contributed by atoms with Crippen molar-refractivity contribution in [2.45, 2.75) is 51.5 Å². The number of hydrogen-bond acceptors (Lipinski definition) is 4. The Kier molecular flexibility index (Phi) is 8.82. The summed E-state index contributed by atoms with van der Waals surface area (Å²) >= 11 is 0. The lowest BCUT2D eigenvalue weighted by molar-refractivity contribution is -0.124. The lowest BCUT2D eigenvalue weighted by Crippen LogP contribution is -2.54. The first-order valence-electron chi connectivity index (χ1n) is 8.05. The molecule has 0 aromatic carbocycles. The fraction of sp³-hybridized carbons (Fsp3) is 0.933. The third kappa shape index (κ3) is 6.20. The molecule has 1 atom stereocenters. The van der Waals surface area contributed by atoms with Gasteiger partial charge < -0.3 is 10.8 Å². The molecule has 0 radical (unpaired) electrons. The molecule has 1 unspecified atom stereocenters. The summed E-state index contributed by atoms with van der Waals surface area (Å²) in [6.07, 6.45) is 6.95. The van der Waals surface area contributed by atoms with Crippen molar-refractivity contribution >= 4 is 5.91 Å². The summed E-state index contributed by atoms with van der Waals surface area (Å²) in [6.45, 7) is 6.73. The standard InChI is InChI=1S/C15H31N3O2/c1-2-3-4-5-6-7-14(15(16)20)18-10-8-17(9-11-18)12-13-19/h14,19H,2-13H2,1H3,(H2,16,20). The zero-order valence-electron chi connectivity index (χ0n) is 12.9. The van der Waals surface area contributed by atoms with Gasteiger partial charge in [0.25, 0.3) is 0 Å². The van der Waals surface area contributed by atoms with Crippen LogP contribution >= 0.6 is 0 Å². The van der Waals surface area contributed by atoms with Gasteiger partial charge >= 0.3 is 0 Å². The van der Waals surface area contributed by atoms with E-state index >= 15 is 0 Å². The fourth-order valence-corrected chi connectivity index (χ4v) is 2.89. The van der Waals surface area contributed by atoms with Crippen LogP contribution in [0.1, 0.15) is 45.4 Å². The van der Waals surface area contributed by atoms with Crippen molar-refractivity contribution in [2.75, 3.05) is 39.3 Å². The Morgan fingerprint density at radius 1 is 1.15 bits per heavy atom. The summed E-state index contributed by atoms with van der Waals surface area (Å²) < 4.78 is 0. The summed E-state index contributed by atoms with van der Waals surface area (Å²) in [5.74, 6) is -0.184. The zero-order valence-corrected chi connectivity index (χ0v) is 12.9. The van der Waals surface area contributed by atoms with Crippen molar-refractivity contribution in [1.82, 2.24) is 9.80 Å². The second-order valence-electron chi connectivity index (χ2n) is 5.72. The molecule has 1 aliphatic heterocycles. The van der Waals surface area contributed by atoms with E-state index in [0.29, 0.717) is 0 Å². The number of hydrogen-bond donors (Lipinski definition) is 2. The van der Waals surface area contributed by atoms with E-state index in [1.54, 1.807) is 0 Å². The highest BCUT2D eigenvalue weighted by molar-refractivity contribution is 5.79. The van der Waals surface area contributed by atoms with Crippen LogP contribution < -0.4 is 5.73 Å². The molecule has 118 valence electrons. The minimum absolute atomic E-state index is 0.104. The largest absolute Gasteiger partial charge is 0.395 e. The van der Waals surface area contributed by atoms with Gasteiger partial charge in [0.1, 0.15) is 0 Å². The molecular weight excluding hydrogens is 254 g/mol. The first-order valence-corrected chi connectivity index (χ1v) is 8.05. The van der Waals surface area contributed by atoms with Crippen LogP contribution in [0.3, 0.4) is 0 Å². The maximum Gasteiger partial charge on any atom is 0.234 e.